The van der Waals surface area contributed by atoms with Crippen LogP contribution in [-0.2, 0) is 11.3 Å². The summed E-state index contributed by atoms with van der Waals surface area (Å²) in [6.07, 6.45) is 5.54. The van der Waals surface area contributed by atoms with Gasteiger partial charge in [-0.15, -0.1) is 0 Å². The fourth-order valence-electron chi connectivity index (χ4n) is 3.32. The number of fused-ring (bicyclic) bond motifs is 1. The molecule has 1 saturated heterocycles. The highest BCUT2D eigenvalue weighted by Gasteiger charge is 2.24. The molecular weight excluding hydrogens is 320 g/mol. The predicted molar refractivity (Wildman–Crippen MR) is 92.9 cm³/mol. The monoisotopic (exact) mass is 342 g/mol. The van der Waals surface area contributed by atoms with Gasteiger partial charge < -0.3 is 19.7 Å². The number of likely N-dealkylation sites (tertiary alicyclic amines) is 1. The molecule has 25 heavy (non-hydrogen) atoms. The van der Waals surface area contributed by atoms with Crippen LogP contribution in [-0.4, -0.2) is 52.9 Å². The van der Waals surface area contributed by atoms with Crippen molar-refractivity contribution in [1.29, 1.82) is 0 Å². The maximum absolute atomic E-state index is 12.5. The molecule has 4 rings (SSSR count). The number of carbonyl (C=O) groups excluding carboxylic acids is 1. The third kappa shape index (κ3) is 3.70. The van der Waals surface area contributed by atoms with E-state index >= 15 is 0 Å². The van der Waals surface area contributed by atoms with Crippen molar-refractivity contribution in [3.63, 3.8) is 0 Å². The summed E-state index contributed by atoms with van der Waals surface area (Å²) >= 11 is 0. The molecule has 1 atom stereocenters. The van der Waals surface area contributed by atoms with Crippen molar-refractivity contribution in [2.24, 2.45) is 0 Å². The molecule has 7 heteroatoms. The highest BCUT2D eigenvalue weighted by atomic mass is 16.6. The van der Waals surface area contributed by atoms with Crippen LogP contribution >= 0.6 is 0 Å². The molecule has 1 fully saturated rings. The zero-order valence-electron chi connectivity index (χ0n) is 14.1. The second-order valence-electron chi connectivity index (χ2n) is 6.39. The number of ether oxygens (including phenoxy) is 2. The second kappa shape index (κ2) is 7.04. The first kappa shape index (κ1) is 15.8. The van der Waals surface area contributed by atoms with Crippen LogP contribution in [0.1, 0.15) is 12.8 Å². The smallest absolute Gasteiger partial charge is 0.244 e. The lowest BCUT2D eigenvalue weighted by molar-refractivity contribution is -0.133. The van der Waals surface area contributed by atoms with Crippen molar-refractivity contribution in [2.45, 2.75) is 25.4 Å². The Bertz CT molecular complexity index is 732. The van der Waals surface area contributed by atoms with Crippen LogP contribution in [0.3, 0.4) is 0 Å². The number of amides is 1. The first-order valence-corrected chi connectivity index (χ1v) is 8.69. The summed E-state index contributed by atoms with van der Waals surface area (Å²) in [5, 5.41) is 7.63. The van der Waals surface area contributed by atoms with E-state index in [0.29, 0.717) is 26.3 Å². The van der Waals surface area contributed by atoms with Gasteiger partial charge in [-0.25, -0.2) is 0 Å². The number of piperidine rings is 1. The van der Waals surface area contributed by atoms with E-state index < -0.39 is 0 Å². The summed E-state index contributed by atoms with van der Waals surface area (Å²) in [5.74, 6) is 1.67. The minimum Gasteiger partial charge on any atom is -0.486 e. The number of rotatable bonds is 4. The maximum atomic E-state index is 12.5. The lowest BCUT2D eigenvalue weighted by Gasteiger charge is -2.34. The van der Waals surface area contributed by atoms with Crippen molar-refractivity contribution in [3.8, 4) is 11.5 Å². The Morgan fingerprint density at radius 3 is 3.00 bits per heavy atom. The number of nitrogens with zero attached hydrogens (tertiary/aromatic N) is 3. The zero-order chi connectivity index (χ0) is 17.1. The molecule has 1 aromatic carbocycles. The van der Waals surface area contributed by atoms with Crippen molar-refractivity contribution >= 4 is 11.6 Å². The average molecular weight is 342 g/mol. The topological polar surface area (TPSA) is 68.6 Å². The van der Waals surface area contributed by atoms with Crippen molar-refractivity contribution < 1.29 is 14.3 Å². The summed E-state index contributed by atoms with van der Waals surface area (Å²) in [7, 11) is 0. The lowest BCUT2D eigenvalue weighted by atomic mass is 10.0. The quantitative estimate of drug-likeness (QED) is 0.917. The van der Waals surface area contributed by atoms with Gasteiger partial charge in [-0.3, -0.25) is 9.48 Å². The summed E-state index contributed by atoms with van der Waals surface area (Å²) in [5.41, 5.74) is 0.996. The molecular formula is C18H22N4O3. The van der Waals surface area contributed by atoms with E-state index in [9.17, 15) is 4.79 Å². The molecule has 0 bridgehead atoms. The molecule has 0 saturated carbocycles. The van der Waals surface area contributed by atoms with Crippen LogP contribution in [0, 0.1) is 0 Å². The Hall–Kier alpha value is -2.70. The number of anilines is 1. The highest BCUT2D eigenvalue weighted by molar-refractivity contribution is 5.76. The maximum Gasteiger partial charge on any atom is 0.244 e. The minimum atomic E-state index is 0.109. The van der Waals surface area contributed by atoms with E-state index in [-0.39, 0.29) is 11.9 Å². The summed E-state index contributed by atoms with van der Waals surface area (Å²) in [6, 6.07) is 7.96. The fraction of sp³-hybridized carbons (Fsp3) is 0.444. The van der Waals surface area contributed by atoms with Gasteiger partial charge in [0.25, 0.3) is 0 Å². The number of hydrogen-bond donors (Lipinski definition) is 1. The number of nitrogens with one attached hydrogen (secondary N) is 1. The fourth-order valence-corrected chi connectivity index (χ4v) is 3.32. The molecule has 1 aromatic heterocycles. The van der Waals surface area contributed by atoms with Gasteiger partial charge in [-0.2, -0.15) is 5.10 Å². The molecule has 132 valence electrons. The summed E-state index contributed by atoms with van der Waals surface area (Å²) in [4.78, 5) is 14.4. The lowest BCUT2D eigenvalue weighted by Crippen LogP contribution is -2.46. The molecule has 3 heterocycles. The molecule has 2 aliphatic heterocycles. The summed E-state index contributed by atoms with van der Waals surface area (Å²) < 4.78 is 12.9. The van der Waals surface area contributed by atoms with Crippen molar-refractivity contribution in [2.75, 3.05) is 31.6 Å². The number of carbonyl (C=O) groups is 1. The first-order chi connectivity index (χ1) is 12.3. The van der Waals surface area contributed by atoms with Gasteiger partial charge in [0.15, 0.2) is 11.5 Å². The standard InChI is InChI=1S/C18H22N4O3/c23-18(13-22-8-2-6-19-22)21-7-1-3-15(12-21)20-14-4-5-16-17(11-14)25-10-9-24-16/h2,4-6,8,11,15,20H,1,3,7,9-10,12-13H2/t15-/m0/s1. The van der Waals surface area contributed by atoms with E-state index in [1.54, 1.807) is 10.9 Å². The Morgan fingerprint density at radius 2 is 2.16 bits per heavy atom. The van der Waals surface area contributed by atoms with Crippen LogP contribution in [0.25, 0.3) is 0 Å². The van der Waals surface area contributed by atoms with E-state index in [1.807, 2.05) is 35.4 Å². The van der Waals surface area contributed by atoms with E-state index in [4.69, 9.17) is 9.47 Å². The van der Waals surface area contributed by atoms with Gasteiger partial charge in [0, 0.05) is 43.3 Å². The normalized spacial score (nSPS) is 19.5. The van der Waals surface area contributed by atoms with Gasteiger partial charge in [-0.1, -0.05) is 0 Å². The SMILES string of the molecule is O=C(Cn1cccn1)N1CCC[C@H](Nc2ccc3c(c2)OCCO3)C1. The largest absolute Gasteiger partial charge is 0.486 e. The number of aromatic nitrogens is 2. The minimum absolute atomic E-state index is 0.109. The third-order valence-electron chi connectivity index (χ3n) is 4.54. The molecule has 7 nitrogen and oxygen atoms in total. The average Bonchev–Trinajstić information content (AvgIpc) is 3.15. The van der Waals surface area contributed by atoms with Crippen molar-refractivity contribution in [1.82, 2.24) is 14.7 Å². The number of benzene rings is 1. The molecule has 0 spiro atoms. The Kier molecular flexibility index (Phi) is 4.45. The Balaban J connectivity index is 1.37. The molecule has 0 unspecified atom stereocenters. The molecule has 1 N–H and O–H groups in total. The Labute approximate surface area is 146 Å². The van der Waals surface area contributed by atoms with E-state index in [1.165, 1.54) is 0 Å². The third-order valence-corrected chi connectivity index (χ3v) is 4.54. The van der Waals surface area contributed by atoms with Crippen LogP contribution < -0.4 is 14.8 Å². The van der Waals surface area contributed by atoms with Crippen molar-refractivity contribution in [3.05, 3.63) is 36.7 Å². The van der Waals surface area contributed by atoms with Gasteiger partial charge in [0.05, 0.1) is 0 Å². The second-order valence-corrected chi connectivity index (χ2v) is 6.39. The molecule has 2 aliphatic rings. The predicted octanol–water partition coefficient (Wildman–Crippen LogP) is 1.76. The van der Waals surface area contributed by atoms with Gasteiger partial charge in [0.2, 0.25) is 5.91 Å². The number of hydrogen-bond acceptors (Lipinski definition) is 5. The molecule has 1 amide bonds. The highest BCUT2D eigenvalue weighted by Crippen LogP contribution is 2.33. The van der Waals surface area contributed by atoms with Crippen LogP contribution in [0.2, 0.25) is 0 Å². The Morgan fingerprint density at radius 1 is 1.28 bits per heavy atom. The van der Waals surface area contributed by atoms with E-state index in [2.05, 4.69) is 10.4 Å². The first-order valence-electron chi connectivity index (χ1n) is 8.69. The van der Waals surface area contributed by atoms with Crippen LogP contribution in [0.5, 0.6) is 11.5 Å². The molecule has 0 radical (unpaired) electrons. The van der Waals surface area contributed by atoms with Gasteiger partial charge >= 0.3 is 0 Å². The van der Waals surface area contributed by atoms with Crippen LogP contribution in [0.4, 0.5) is 5.69 Å². The molecule has 0 aliphatic carbocycles. The van der Waals surface area contributed by atoms with Gasteiger partial charge in [0.1, 0.15) is 19.8 Å². The summed E-state index contributed by atoms with van der Waals surface area (Å²) in [6.45, 7) is 2.98. The molecule has 2 aromatic rings. The van der Waals surface area contributed by atoms with Crippen LogP contribution in [0.15, 0.2) is 36.7 Å². The van der Waals surface area contributed by atoms with Gasteiger partial charge in [-0.05, 0) is 31.0 Å². The zero-order valence-corrected chi connectivity index (χ0v) is 14.1. The van der Waals surface area contributed by atoms with E-state index in [0.717, 1.165) is 36.6 Å².